The predicted octanol–water partition coefficient (Wildman–Crippen LogP) is 3.61. The lowest BCUT2D eigenvalue weighted by atomic mass is 10.0. The summed E-state index contributed by atoms with van der Waals surface area (Å²) in [4.78, 5) is 0. The van der Waals surface area contributed by atoms with E-state index in [4.69, 9.17) is 4.74 Å². The monoisotopic (exact) mass is 399 g/mol. The third-order valence-corrected chi connectivity index (χ3v) is 4.03. The molecule has 0 aliphatic carbocycles. The van der Waals surface area contributed by atoms with Gasteiger partial charge < -0.3 is 10.1 Å². The number of halogens is 1. The van der Waals surface area contributed by atoms with Gasteiger partial charge in [-0.15, -0.1) is 0 Å². The van der Waals surface area contributed by atoms with Crippen molar-refractivity contribution in [1.82, 2.24) is 15.1 Å². The molecule has 0 aliphatic rings. The zero-order valence-electron chi connectivity index (χ0n) is 12.8. The number of aromatic nitrogens is 2. The molecule has 1 N–H and O–H groups in total. The van der Waals surface area contributed by atoms with Gasteiger partial charge in [0, 0.05) is 10.1 Å². The summed E-state index contributed by atoms with van der Waals surface area (Å²) < 4.78 is 8.80. The van der Waals surface area contributed by atoms with Crippen LogP contribution in [-0.2, 0) is 6.54 Å². The smallest absolute Gasteiger partial charge is 0.161 e. The summed E-state index contributed by atoms with van der Waals surface area (Å²) in [6.07, 6.45) is 2.85. The summed E-state index contributed by atoms with van der Waals surface area (Å²) in [6, 6.07) is 8.64. The first-order valence-electron chi connectivity index (χ1n) is 7.29. The van der Waals surface area contributed by atoms with E-state index in [1.54, 1.807) is 7.11 Å². The molecule has 1 heterocycles. The first-order valence-corrected chi connectivity index (χ1v) is 8.37. The molecule has 4 nitrogen and oxygen atoms in total. The van der Waals surface area contributed by atoms with Crippen LogP contribution < -0.4 is 10.1 Å². The number of ether oxygens (including phenoxy) is 1. The van der Waals surface area contributed by atoms with Gasteiger partial charge in [-0.2, -0.15) is 5.10 Å². The molecular formula is C16H22IN3O. The van der Waals surface area contributed by atoms with E-state index >= 15 is 0 Å². The molecule has 0 fully saturated rings. The Labute approximate surface area is 140 Å². The van der Waals surface area contributed by atoms with Crippen LogP contribution in [0.3, 0.4) is 0 Å². The average Bonchev–Trinajstić information content (AvgIpc) is 2.88. The summed E-state index contributed by atoms with van der Waals surface area (Å²) in [5.41, 5.74) is 2.34. The van der Waals surface area contributed by atoms with E-state index < -0.39 is 0 Å². The first-order chi connectivity index (χ1) is 10.2. The highest BCUT2D eigenvalue weighted by molar-refractivity contribution is 14.1. The number of methoxy groups -OCH3 is 1. The molecule has 0 aliphatic heterocycles. The van der Waals surface area contributed by atoms with Crippen molar-refractivity contribution in [3.63, 3.8) is 0 Å². The van der Waals surface area contributed by atoms with E-state index in [9.17, 15) is 0 Å². The molecule has 0 spiro atoms. The molecule has 2 rings (SSSR count). The maximum atomic E-state index is 5.53. The molecule has 0 saturated carbocycles. The third-order valence-electron chi connectivity index (χ3n) is 3.36. The van der Waals surface area contributed by atoms with E-state index in [2.05, 4.69) is 71.1 Å². The number of benzene rings is 1. The highest BCUT2D eigenvalue weighted by Crippen LogP contribution is 2.30. The second-order valence-electron chi connectivity index (χ2n) is 4.87. The van der Waals surface area contributed by atoms with E-state index in [0.717, 1.165) is 31.0 Å². The standard InChI is InChI=1S/C16H22IN3O/c1-4-9-20-16(14(21-3)11-19-20)15(18-5-2)12-7-6-8-13(17)10-12/h6-8,10-11,15,18H,4-5,9H2,1-3H3. The van der Waals surface area contributed by atoms with Crippen LogP contribution in [0.25, 0.3) is 0 Å². The van der Waals surface area contributed by atoms with Crippen molar-refractivity contribution in [2.75, 3.05) is 13.7 Å². The van der Waals surface area contributed by atoms with Crippen molar-refractivity contribution < 1.29 is 4.74 Å². The summed E-state index contributed by atoms with van der Waals surface area (Å²) in [5.74, 6) is 0.841. The molecule has 0 radical (unpaired) electrons. The van der Waals surface area contributed by atoms with Crippen LogP contribution in [0.1, 0.15) is 37.6 Å². The lowest BCUT2D eigenvalue weighted by molar-refractivity contribution is 0.398. The van der Waals surface area contributed by atoms with Gasteiger partial charge in [0.1, 0.15) is 5.69 Å². The van der Waals surface area contributed by atoms with Gasteiger partial charge in [-0.25, -0.2) is 0 Å². The Morgan fingerprint density at radius 1 is 1.38 bits per heavy atom. The zero-order chi connectivity index (χ0) is 15.2. The van der Waals surface area contributed by atoms with E-state index in [1.165, 1.54) is 9.13 Å². The molecule has 0 amide bonds. The molecule has 1 aromatic carbocycles. The Balaban J connectivity index is 2.49. The Morgan fingerprint density at radius 2 is 2.19 bits per heavy atom. The van der Waals surface area contributed by atoms with Crippen molar-refractivity contribution in [3.05, 3.63) is 45.3 Å². The minimum absolute atomic E-state index is 0.0914. The fraction of sp³-hybridized carbons (Fsp3) is 0.438. The van der Waals surface area contributed by atoms with E-state index in [1.807, 2.05) is 10.9 Å². The highest BCUT2D eigenvalue weighted by Gasteiger charge is 2.22. The lowest BCUT2D eigenvalue weighted by Crippen LogP contribution is -2.25. The largest absolute Gasteiger partial charge is 0.493 e. The molecule has 1 aromatic heterocycles. The number of aryl methyl sites for hydroxylation is 1. The Morgan fingerprint density at radius 3 is 2.81 bits per heavy atom. The molecule has 2 aromatic rings. The highest BCUT2D eigenvalue weighted by atomic mass is 127. The summed E-state index contributed by atoms with van der Waals surface area (Å²) >= 11 is 2.35. The predicted molar refractivity (Wildman–Crippen MR) is 93.7 cm³/mol. The van der Waals surface area contributed by atoms with Crippen molar-refractivity contribution >= 4 is 22.6 Å². The molecule has 21 heavy (non-hydrogen) atoms. The van der Waals surface area contributed by atoms with Gasteiger partial charge in [0.15, 0.2) is 5.75 Å². The minimum Gasteiger partial charge on any atom is -0.493 e. The number of hydrogen-bond donors (Lipinski definition) is 1. The van der Waals surface area contributed by atoms with Crippen LogP contribution in [0.15, 0.2) is 30.5 Å². The first kappa shape index (κ1) is 16.3. The quantitative estimate of drug-likeness (QED) is 0.724. The van der Waals surface area contributed by atoms with Crippen LogP contribution in [0.2, 0.25) is 0 Å². The Hall–Kier alpha value is -1.08. The van der Waals surface area contributed by atoms with Gasteiger partial charge in [0.05, 0.1) is 19.3 Å². The molecular weight excluding hydrogens is 377 g/mol. The zero-order valence-corrected chi connectivity index (χ0v) is 14.9. The van der Waals surface area contributed by atoms with Gasteiger partial charge in [0.25, 0.3) is 0 Å². The van der Waals surface area contributed by atoms with Crippen LogP contribution >= 0.6 is 22.6 Å². The molecule has 0 bridgehead atoms. The molecule has 114 valence electrons. The lowest BCUT2D eigenvalue weighted by Gasteiger charge is -2.21. The Bertz CT molecular complexity index is 583. The fourth-order valence-electron chi connectivity index (χ4n) is 2.48. The molecule has 1 unspecified atom stereocenters. The van der Waals surface area contributed by atoms with Crippen LogP contribution in [0, 0.1) is 3.57 Å². The number of rotatable bonds is 7. The number of nitrogens with zero attached hydrogens (tertiary/aromatic N) is 2. The molecule has 5 heteroatoms. The van der Waals surface area contributed by atoms with E-state index in [-0.39, 0.29) is 6.04 Å². The summed E-state index contributed by atoms with van der Waals surface area (Å²) in [6.45, 7) is 6.06. The van der Waals surface area contributed by atoms with Crippen molar-refractivity contribution in [2.24, 2.45) is 0 Å². The van der Waals surface area contributed by atoms with Crippen molar-refractivity contribution in [1.29, 1.82) is 0 Å². The third kappa shape index (κ3) is 3.77. The van der Waals surface area contributed by atoms with Crippen LogP contribution in [0.4, 0.5) is 0 Å². The average molecular weight is 399 g/mol. The number of hydrogen-bond acceptors (Lipinski definition) is 3. The summed E-state index contributed by atoms with van der Waals surface area (Å²) in [5, 5.41) is 8.04. The summed E-state index contributed by atoms with van der Waals surface area (Å²) in [7, 11) is 1.70. The van der Waals surface area contributed by atoms with E-state index in [0.29, 0.717) is 0 Å². The maximum Gasteiger partial charge on any atom is 0.161 e. The molecule has 0 saturated heterocycles. The number of nitrogens with one attached hydrogen (secondary N) is 1. The van der Waals surface area contributed by atoms with Gasteiger partial charge in [0.2, 0.25) is 0 Å². The van der Waals surface area contributed by atoms with Crippen LogP contribution in [0.5, 0.6) is 5.75 Å². The normalized spacial score (nSPS) is 12.4. The maximum absolute atomic E-state index is 5.53. The van der Waals surface area contributed by atoms with Crippen LogP contribution in [-0.4, -0.2) is 23.4 Å². The molecule has 1 atom stereocenters. The minimum atomic E-state index is 0.0914. The fourth-order valence-corrected chi connectivity index (χ4v) is 3.05. The van der Waals surface area contributed by atoms with Crippen molar-refractivity contribution in [3.8, 4) is 5.75 Å². The van der Waals surface area contributed by atoms with Gasteiger partial charge >= 0.3 is 0 Å². The second kappa shape index (κ2) is 7.79. The van der Waals surface area contributed by atoms with Gasteiger partial charge in [-0.05, 0) is 53.3 Å². The SMILES string of the molecule is CCCn1ncc(OC)c1C(NCC)c1cccc(I)c1. The second-order valence-corrected chi connectivity index (χ2v) is 6.11. The van der Waals surface area contributed by atoms with Gasteiger partial charge in [-0.3, -0.25) is 4.68 Å². The van der Waals surface area contributed by atoms with Crippen molar-refractivity contribution in [2.45, 2.75) is 32.9 Å². The topological polar surface area (TPSA) is 39.1 Å². The Kier molecular flexibility index (Phi) is 6.05. The van der Waals surface area contributed by atoms with Gasteiger partial charge in [-0.1, -0.05) is 26.0 Å².